The SMILES string of the molecule is Cn1cc(C2CNC2)nn1. The Hall–Kier alpha value is -0.900. The van der Waals surface area contributed by atoms with Crippen LogP contribution in [0.1, 0.15) is 11.6 Å². The van der Waals surface area contributed by atoms with Crippen LogP contribution in [0.25, 0.3) is 0 Å². The summed E-state index contributed by atoms with van der Waals surface area (Å²) in [7, 11) is 1.89. The molecule has 4 nitrogen and oxygen atoms in total. The van der Waals surface area contributed by atoms with Crippen molar-refractivity contribution in [3.63, 3.8) is 0 Å². The molecule has 0 saturated carbocycles. The molecule has 1 saturated heterocycles. The third-order valence-corrected chi connectivity index (χ3v) is 1.82. The van der Waals surface area contributed by atoms with Gasteiger partial charge in [0.25, 0.3) is 0 Å². The van der Waals surface area contributed by atoms with Crippen molar-refractivity contribution in [2.75, 3.05) is 13.1 Å². The van der Waals surface area contributed by atoms with E-state index in [4.69, 9.17) is 0 Å². The fourth-order valence-corrected chi connectivity index (χ4v) is 1.05. The van der Waals surface area contributed by atoms with Gasteiger partial charge in [-0.1, -0.05) is 5.21 Å². The smallest absolute Gasteiger partial charge is 0.0883 e. The highest BCUT2D eigenvalue weighted by atomic mass is 15.4. The highest BCUT2D eigenvalue weighted by molar-refractivity contribution is 5.07. The lowest BCUT2D eigenvalue weighted by Gasteiger charge is -2.24. The summed E-state index contributed by atoms with van der Waals surface area (Å²) in [4.78, 5) is 0. The van der Waals surface area contributed by atoms with Crippen LogP contribution in [-0.2, 0) is 7.05 Å². The molecule has 54 valence electrons. The van der Waals surface area contributed by atoms with E-state index < -0.39 is 0 Å². The third kappa shape index (κ3) is 0.806. The van der Waals surface area contributed by atoms with Gasteiger partial charge in [0.1, 0.15) is 0 Å². The van der Waals surface area contributed by atoms with Gasteiger partial charge < -0.3 is 5.32 Å². The van der Waals surface area contributed by atoms with Crippen LogP contribution >= 0.6 is 0 Å². The summed E-state index contributed by atoms with van der Waals surface area (Å²) >= 11 is 0. The normalized spacial score (nSPS) is 18.9. The van der Waals surface area contributed by atoms with Gasteiger partial charge >= 0.3 is 0 Å². The maximum atomic E-state index is 4.01. The first-order valence-corrected chi connectivity index (χ1v) is 3.43. The van der Waals surface area contributed by atoms with Gasteiger partial charge in [-0.25, -0.2) is 0 Å². The number of nitrogens with one attached hydrogen (secondary N) is 1. The van der Waals surface area contributed by atoms with E-state index in [1.165, 1.54) is 0 Å². The average molecular weight is 138 g/mol. The minimum atomic E-state index is 0.605. The number of aryl methyl sites for hydroxylation is 1. The molecule has 0 radical (unpaired) electrons. The van der Waals surface area contributed by atoms with E-state index in [9.17, 15) is 0 Å². The Morgan fingerprint density at radius 2 is 2.50 bits per heavy atom. The zero-order chi connectivity index (χ0) is 6.97. The second-order valence-corrected chi connectivity index (χ2v) is 2.67. The van der Waals surface area contributed by atoms with E-state index in [0.717, 1.165) is 18.8 Å². The van der Waals surface area contributed by atoms with Gasteiger partial charge in [0, 0.05) is 32.3 Å². The van der Waals surface area contributed by atoms with Crippen molar-refractivity contribution in [1.82, 2.24) is 20.3 Å². The van der Waals surface area contributed by atoms with Crippen molar-refractivity contribution in [1.29, 1.82) is 0 Å². The van der Waals surface area contributed by atoms with Crippen molar-refractivity contribution in [2.24, 2.45) is 7.05 Å². The van der Waals surface area contributed by atoms with Crippen molar-refractivity contribution in [3.8, 4) is 0 Å². The van der Waals surface area contributed by atoms with Gasteiger partial charge in [0.2, 0.25) is 0 Å². The van der Waals surface area contributed by atoms with Gasteiger partial charge in [0.15, 0.2) is 0 Å². The lowest BCUT2D eigenvalue weighted by atomic mass is 10.0. The van der Waals surface area contributed by atoms with Crippen LogP contribution in [-0.4, -0.2) is 28.1 Å². The minimum absolute atomic E-state index is 0.605. The molecule has 0 spiro atoms. The van der Waals surface area contributed by atoms with E-state index in [-0.39, 0.29) is 0 Å². The number of nitrogens with zero attached hydrogens (tertiary/aromatic N) is 3. The number of aromatic nitrogens is 3. The van der Waals surface area contributed by atoms with Crippen molar-refractivity contribution >= 4 is 0 Å². The standard InChI is InChI=1S/C6H10N4/c1-10-4-6(8-9-10)5-2-7-3-5/h4-5,7H,2-3H2,1H3. The van der Waals surface area contributed by atoms with Crippen LogP contribution in [0.15, 0.2) is 6.20 Å². The van der Waals surface area contributed by atoms with Crippen LogP contribution in [0.2, 0.25) is 0 Å². The average Bonchev–Trinajstić information content (AvgIpc) is 2.10. The molecule has 1 aromatic rings. The largest absolute Gasteiger partial charge is 0.315 e. The first-order valence-electron chi connectivity index (χ1n) is 3.43. The quantitative estimate of drug-likeness (QED) is 0.569. The first kappa shape index (κ1) is 5.85. The van der Waals surface area contributed by atoms with E-state index in [1.54, 1.807) is 4.68 Å². The van der Waals surface area contributed by atoms with E-state index in [1.807, 2.05) is 13.2 Å². The van der Waals surface area contributed by atoms with Gasteiger partial charge in [-0.05, 0) is 0 Å². The Morgan fingerprint density at radius 1 is 1.70 bits per heavy atom. The van der Waals surface area contributed by atoms with Gasteiger partial charge in [-0.3, -0.25) is 4.68 Å². The number of hydrogen-bond acceptors (Lipinski definition) is 3. The zero-order valence-corrected chi connectivity index (χ0v) is 5.91. The molecule has 0 aliphatic carbocycles. The molecule has 1 aromatic heterocycles. The highest BCUT2D eigenvalue weighted by Crippen LogP contribution is 2.15. The van der Waals surface area contributed by atoms with Crippen LogP contribution in [0, 0.1) is 0 Å². The number of rotatable bonds is 1. The Labute approximate surface area is 59.2 Å². The fourth-order valence-electron chi connectivity index (χ4n) is 1.05. The predicted octanol–water partition coefficient (Wildman–Crippen LogP) is -0.498. The molecule has 0 bridgehead atoms. The lowest BCUT2D eigenvalue weighted by molar-refractivity contribution is 0.439. The van der Waals surface area contributed by atoms with Gasteiger partial charge in [0.05, 0.1) is 5.69 Å². The van der Waals surface area contributed by atoms with Crippen molar-refractivity contribution in [2.45, 2.75) is 5.92 Å². The molecule has 0 amide bonds. The molecular formula is C6H10N4. The summed E-state index contributed by atoms with van der Waals surface area (Å²) in [6.45, 7) is 2.11. The van der Waals surface area contributed by atoms with Crippen LogP contribution in [0.5, 0.6) is 0 Å². The van der Waals surface area contributed by atoms with Crippen LogP contribution in [0.4, 0.5) is 0 Å². The van der Waals surface area contributed by atoms with Crippen LogP contribution in [0.3, 0.4) is 0 Å². The maximum absolute atomic E-state index is 4.01. The highest BCUT2D eigenvalue weighted by Gasteiger charge is 2.21. The third-order valence-electron chi connectivity index (χ3n) is 1.82. The molecule has 1 fully saturated rings. The molecule has 1 N–H and O–H groups in total. The number of hydrogen-bond donors (Lipinski definition) is 1. The second-order valence-electron chi connectivity index (χ2n) is 2.67. The molecule has 2 rings (SSSR count). The van der Waals surface area contributed by atoms with Gasteiger partial charge in [-0.2, -0.15) is 0 Å². The monoisotopic (exact) mass is 138 g/mol. The Bertz CT molecular complexity index is 225. The second kappa shape index (κ2) is 2.05. The molecule has 1 aliphatic rings. The zero-order valence-electron chi connectivity index (χ0n) is 5.91. The van der Waals surface area contributed by atoms with Crippen molar-refractivity contribution in [3.05, 3.63) is 11.9 Å². The summed E-state index contributed by atoms with van der Waals surface area (Å²) in [5, 5.41) is 11.1. The fraction of sp³-hybridized carbons (Fsp3) is 0.667. The molecule has 0 aromatic carbocycles. The van der Waals surface area contributed by atoms with E-state index in [0.29, 0.717) is 5.92 Å². The molecule has 0 atom stereocenters. The lowest BCUT2D eigenvalue weighted by Crippen LogP contribution is -2.40. The van der Waals surface area contributed by atoms with Gasteiger partial charge in [-0.15, -0.1) is 5.10 Å². The maximum Gasteiger partial charge on any atom is 0.0883 e. The molecule has 4 heteroatoms. The summed E-state index contributed by atoms with van der Waals surface area (Å²) in [6.07, 6.45) is 1.98. The molecule has 10 heavy (non-hydrogen) atoms. The van der Waals surface area contributed by atoms with E-state index in [2.05, 4.69) is 15.6 Å². The minimum Gasteiger partial charge on any atom is -0.315 e. The summed E-state index contributed by atoms with van der Waals surface area (Å²) in [6, 6.07) is 0. The first-order chi connectivity index (χ1) is 4.86. The summed E-state index contributed by atoms with van der Waals surface area (Å²) in [5.41, 5.74) is 1.11. The Balaban J connectivity index is 2.17. The Kier molecular flexibility index (Phi) is 1.20. The van der Waals surface area contributed by atoms with E-state index >= 15 is 0 Å². The Morgan fingerprint density at radius 3 is 2.90 bits per heavy atom. The topological polar surface area (TPSA) is 42.7 Å². The molecule has 1 aliphatic heterocycles. The molecule has 0 unspecified atom stereocenters. The molecular weight excluding hydrogens is 128 g/mol. The summed E-state index contributed by atoms with van der Waals surface area (Å²) in [5.74, 6) is 0.605. The van der Waals surface area contributed by atoms with Crippen LogP contribution < -0.4 is 5.32 Å². The van der Waals surface area contributed by atoms with Crippen molar-refractivity contribution < 1.29 is 0 Å². The molecule has 2 heterocycles. The summed E-state index contributed by atoms with van der Waals surface area (Å²) < 4.78 is 1.74. The predicted molar refractivity (Wildman–Crippen MR) is 36.6 cm³/mol.